The summed E-state index contributed by atoms with van der Waals surface area (Å²) in [5, 5.41) is 3.77. The van der Waals surface area contributed by atoms with Gasteiger partial charge in [0.2, 0.25) is 0 Å². The molecule has 5 heteroatoms. The molecule has 0 amide bonds. The second kappa shape index (κ2) is 6.64. The molecule has 1 nitrogen and oxygen atoms in total. The third-order valence-corrected chi connectivity index (χ3v) is 3.88. The summed E-state index contributed by atoms with van der Waals surface area (Å²) < 4.78 is 1.76. The number of anilines is 1. The van der Waals surface area contributed by atoms with Crippen LogP contribution in [-0.2, 0) is 0 Å². The van der Waals surface area contributed by atoms with Crippen LogP contribution in [0.2, 0.25) is 0 Å². The minimum atomic E-state index is 0.599. The monoisotopic (exact) mass is 335 g/mol. The van der Waals surface area contributed by atoms with Crippen LogP contribution in [0.1, 0.15) is 5.56 Å². The van der Waals surface area contributed by atoms with Crippen LogP contribution in [0, 0.1) is 6.92 Å². The number of hydrogen-bond donors (Lipinski definition) is 1. The van der Waals surface area contributed by atoms with E-state index in [1.54, 1.807) is 0 Å². The fourth-order valence-corrected chi connectivity index (χ4v) is 2.45. The highest BCUT2D eigenvalue weighted by molar-refractivity contribution is 9.10. The number of nitrogens with one attached hydrogen (secondary N) is 1. The lowest BCUT2D eigenvalue weighted by molar-refractivity contribution is 1.44. The Kier molecular flexibility index (Phi) is 5.83. The van der Waals surface area contributed by atoms with E-state index in [2.05, 4.69) is 27.8 Å². The summed E-state index contributed by atoms with van der Waals surface area (Å²) in [6, 6.07) is 6.00. The molecule has 0 fully saturated rings. The number of benzene rings is 1. The zero-order valence-corrected chi connectivity index (χ0v) is 12.7. The summed E-state index contributed by atoms with van der Waals surface area (Å²) in [5.41, 5.74) is 2.16. The van der Waals surface area contributed by atoms with Gasteiger partial charge in [-0.2, -0.15) is 0 Å². The lowest BCUT2D eigenvalue weighted by Crippen LogP contribution is -2.06. The van der Waals surface area contributed by atoms with Crippen LogP contribution in [-0.4, -0.2) is 10.1 Å². The molecule has 0 saturated carbocycles. The Bertz CT molecular complexity index is 420. The lowest BCUT2D eigenvalue weighted by atomic mass is 10.2. The minimum Gasteiger partial charge on any atom is -0.341 e. The van der Waals surface area contributed by atoms with Gasteiger partial charge in [0.25, 0.3) is 0 Å². The maximum Gasteiger partial charge on any atom is 0.138 e. The van der Waals surface area contributed by atoms with E-state index < -0.39 is 0 Å². The van der Waals surface area contributed by atoms with Crippen molar-refractivity contribution in [3.8, 4) is 0 Å². The highest BCUT2D eigenvalue weighted by Gasteiger charge is 2.02. The molecular formula is C11H11BrClNS2. The van der Waals surface area contributed by atoms with Gasteiger partial charge in [-0.3, -0.25) is 0 Å². The van der Waals surface area contributed by atoms with Gasteiger partial charge in [0.05, 0.1) is 0 Å². The van der Waals surface area contributed by atoms with Crippen molar-refractivity contribution in [2.75, 3.05) is 11.1 Å². The smallest absolute Gasteiger partial charge is 0.138 e. The van der Waals surface area contributed by atoms with Crippen molar-refractivity contribution >= 4 is 61.5 Å². The van der Waals surface area contributed by atoms with Gasteiger partial charge in [-0.05, 0) is 30.7 Å². The molecule has 0 atom stereocenters. The maximum atomic E-state index is 5.67. The van der Waals surface area contributed by atoms with E-state index in [9.17, 15) is 0 Å². The highest BCUT2D eigenvalue weighted by Crippen LogP contribution is 2.22. The van der Waals surface area contributed by atoms with Crippen molar-refractivity contribution in [2.24, 2.45) is 0 Å². The number of aryl methyl sites for hydroxylation is 1. The standard InChI is InChI=1S/C11H11BrClNS2/c1-7-5-9(12)3-4-10(7)14-11(15)16-6-8(2)13/h3-5H,2,6H2,1H3,(H,14,15). The summed E-state index contributed by atoms with van der Waals surface area (Å²) in [4.78, 5) is 0. The van der Waals surface area contributed by atoms with Crippen molar-refractivity contribution in [3.05, 3.63) is 39.8 Å². The first-order valence-electron chi connectivity index (χ1n) is 4.52. The molecule has 1 N–H and O–H groups in total. The van der Waals surface area contributed by atoms with Crippen molar-refractivity contribution < 1.29 is 0 Å². The number of halogens is 2. The highest BCUT2D eigenvalue weighted by atomic mass is 79.9. The molecule has 86 valence electrons. The zero-order chi connectivity index (χ0) is 12.1. The Morgan fingerprint density at radius 3 is 2.88 bits per heavy atom. The molecule has 0 aliphatic carbocycles. The average molecular weight is 337 g/mol. The molecule has 0 saturated heterocycles. The van der Waals surface area contributed by atoms with E-state index >= 15 is 0 Å². The van der Waals surface area contributed by atoms with Gasteiger partial charge >= 0.3 is 0 Å². The van der Waals surface area contributed by atoms with E-state index in [0.717, 1.165) is 15.7 Å². The molecule has 0 heterocycles. The number of hydrogen-bond acceptors (Lipinski definition) is 2. The Morgan fingerprint density at radius 2 is 2.31 bits per heavy atom. The molecule has 0 unspecified atom stereocenters. The van der Waals surface area contributed by atoms with Crippen molar-refractivity contribution in [2.45, 2.75) is 6.92 Å². The van der Waals surface area contributed by atoms with Crippen LogP contribution >= 0.6 is 51.5 Å². The molecule has 1 aromatic rings. The summed E-state index contributed by atoms with van der Waals surface area (Å²) in [6.07, 6.45) is 0. The first-order valence-corrected chi connectivity index (χ1v) is 7.08. The van der Waals surface area contributed by atoms with Gasteiger partial charge in [-0.25, -0.2) is 0 Å². The van der Waals surface area contributed by atoms with Gasteiger partial charge in [-0.1, -0.05) is 58.1 Å². The fraction of sp³-hybridized carbons (Fsp3) is 0.182. The van der Waals surface area contributed by atoms with Crippen LogP contribution in [0.15, 0.2) is 34.3 Å². The third-order valence-electron chi connectivity index (χ3n) is 1.79. The first-order chi connectivity index (χ1) is 7.49. The van der Waals surface area contributed by atoms with E-state index in [1.807, 2.05) is 25.1 Å². The minimum absolute atomic E-state index is 0.599. The van der Waals surface area contributed by atoms with Crippen molar-refractivity contribution in [1.82, 2.24) is 0 Å². The molecule has 1 rings (SSSR count). The second-order valence-corrected chi connectivity index (χ2v) is 6.28. The molecular weight excluding hydrogens is 326 g/mol. The molecule has 0 radical (unpaired) electrons. The largest absolute Gasteiger partial charge is 0.341 e. The Morgan fingerprint density at radius 1 is 1.62 bits per heavy atom. The predicted octanol–water partition coefficient (Wildman–Crippen LogP) is 4.94. The average Bonchev–Trinajstić information content (AvgIpc) is 2.19. The van der Waals surface area contributed by atoms with E-state index in [0.29, 0.717) is 15.1 Å². The number of thiocarbonyl (C=S) groups is 1. The third kappa shape index (κ3) is 4.87. The van der Waals surface area contributed by atoms with Crippen molar-refractivity contribution in [1.29, 1.82) is 0 Å². The lowest BCUT2D eigenvalue weighted by Gasteiger charge is -2.10. The van der Waals surface area contributed by atoms with Gasteiger partial charge in [0.15, 0.2) is 0 Å². The molecule has 0 spiro atoms. The van der Waals surface area contributed by atoms with E-state index in [4.69, 9.17) is 23.8 Å². The number of thioether (sulfide) groups is 1. The first kappa shape index (κ1) is 14.0. The second-order valence-electron chi connectivity index (χ2n) is 3.18. The molecule has 0 aliphatic rings. The summed E-state index contributed by atoms with van der Waals surface area (Å²) in [6.45, 7) is 5.64. The number of rotatable bonds is 3. The van der Waals surface area contributed by atoms with Crippen LogP contribution in [0.4, 0.5) is 5.69 Å². The molecule has 0 aromatic heterocycles. The Balaban J connectivity index is 2.59. The fourth-order valence-electron chi connectivity index (χ4n) is 1.06. The molecule has 1 aromatic carbocycles. The summed E-state index contributed by atoms with van der Waals surface area (Å²) >= 11 is 15.7. The Hall–Kier alpha value is -0.0300. The van der Waals surface area contributed by atoms with Crippen LogP contribution in [0.3, 0.4) is 0 Å². The molecule has 0 bridgehead atoms. The Labute approximate surface area is 119 Å². The van der Waals surface area contributed by atoms with Gasteiger partial charge in [-0.15, -0.1) is 0 Å². The quantitative estimate of drug-likeness (QED) is 0.785. The van der Waals surface area contributed by atoms with Gasteiger partial charge in [0.1, 0.15) is 4.32 Å². The van der Waals surface area contributed by atoms with E-state index in [1.165, 1.54) is 11.8 Å². The SMILES string of the molecule is C=C(Cl)CSC(=S)Nc1ccc(Br)cc1C. The zero-order valence-electron chi connectivity index (χ0n) is 8.72. The topological polar surface area (TPSA) is 12.0 Å². The summed E-state index contributed by atoms with van der Waals surface area (Å²) in [7, 11) is 0. The van der Waals surface area contributed by atoms with Gasteiger partial charge in [0, 0.05) is 20.9 Å². The predicted molar refractivity (Wildman–Crippen MR) is 82.6 cm³/mol. The van der Waals surface area contributed by atoms with Crippen LogP contribution in [0.5, 0.6) is 0 Å². The van der Waals surface area contributed by atoms with Crippen molar-refractivity contribution in [3.63, 3.8) is 0 Å². The maximum absolute atomic E-state index is 5.67. The normalized spacial score (nSPS) is 9.94. The van der Waals surface area contributed by atoms with Gasteiger partial charge < -0.3 is 5.32 Å². The van der Waals surface area contributed by atoms with Crippen LogP contribution in [0.25, 0.3) is 0 Å². The van der Waals surface area contributed by atoms with E-state index in [-0.39, 0.29) is 0 Å². The molecule has 0 aliphatic heterocycles. The molecule has 16 heavy (non-hydrogen) atoms. The van der Waals surface area contributed by atoms with Crippen LogP contribution < -0.4 is 5.32 Å². The summed E-state index contributed by atoms with van der Waals surface area (Å²) in [5.74, 6) is 0.628.